The van der Waals surface area contributed by atoms with Gasteiger partial charge in [0.15, 0.2) is 0 Å². The second-order valence-electron chi connectivity index (χ2n) is 5.16. The average molecular weight is 373 g/mol. The molecule has 3 N–H and O–H groups in total. The van der Waals surface area contributed by atoms with E-state index in [1.165, 1.54) is 18.8 Å². The topological polar surface area (TPSA) is 73.2 Å². The summed E-state index contributed by atoms with van der Waals surface area (Å²) in [7, 11) is 1.47. The molecule has 0 unspecified atom stereocenters. The molecule has 1 aliphatic carbocycles. The lowest BCUT2D eigenvalue weighted by Crippen LogP contribution is -2.26. The molecule has 2 rings (SSSR count). The van der Waals surface area contributed by atoms with Crippen LogP contribution < -0.4 is 5.32 Å². The van der Waals surface area contributed by atoms with Crippen molar-refractivity contribution in [2.75, 3.05) is 12.8 Å². The molecule has 1 fully saturated rings. The standard InChI is InChI=1S/C16H18Cl2N2O2S/c1-3-23-15-10(17)7-6-9(12(15)18)14(21)11(16(22)20-2)13(19)8-4-5-8/h6-8,19,21H,3-5H2,1-2H3,(H,20,22)/b14-11+,19-13?. The zero-order valence-corrected chi connectivity index (χ0v) is 15.2. The largest absolute Gasteiger partial charge is 0.506 e. The number of thioether (sulfide) groups is 1. The van der Waals surface area contributed by atoms with Crippen LogP contribution in [0.2, 0.25) is 10.0 Å². The van der Waals surface area contributed by atoms with Crippen LogP contribution in [0.15, 0.2) is 22.6 Å². The lowest BCUT2D eigenvalue weighted by molar-refractivity contribution is -0.116. The molecular weight excluding hydrogens is 355 g/mol. The first-order chi connectivity index (χ1) is 10.9. The van der Waals surface area contributed by atoms with Crippen LogP contribution in [0.1, 0.15) is 25.3 Å². The molecule has 0 atom stereocenters. The van der Waals surface area contributed by atoms with Crippen LogP contribution in [0.25, 0.3) is 5.76 Å². The van der Waals surface area contributed by atoms with E-state index < -0.39 is 5.91 Å². The summed E-state index contributed by atoms with van der Waals surface area (Å²) in [6.45, 7) is 1.97. The fourth-order valence-electron chi connectivity index (χ4n) is 2.19. The smallest absolute Gasteiger partial charge is 0.256 e. The molecule has 124 valence electrons. The summed E-state index contributed by atoms with van der Waals surface area (Å²) < 4.78 is 0. The van der Waals surface area contributed by atoms with E-state index in [1.54, 1.807) is 12.1 Å². The van der Waals surface area contributed by atoms with Crippen molar-refractivity contribution in [3.8, 4) is 0 Å². The van der Waals surface area contributed by atoms with Gasteiger partial charge in [-0.2, -0.15) is 0 Å². The number of aliphatic hydroxyl groups is 1. The zero-order valence-electron chi connectivity index (χ0n) is 12.9. The van der Waals surface area contributed by atoms with E-state index in [9.17, 15) is 9.90 Å². The van der Waals surface area contributed by atoms with Crippen LogP contribution in [-0.2, 0) is 4.79 Å². The summed E-state index contributed by atoms with van der Waals surface area (Å²) in [5, 5.41) is 22.1. The minimum absolute atomic E-state index is 0.0216. The van der Waals surface area contributed by atoms with Crippen molar-refractivity contribution in [1.82, 2.24) is 5.32 Å². The Morgan fingerprint density at radius 3 is 2.61 bits per heavy atom. The Kier molecular flexibility index (Phi) is 6.00. The Bertz CT molecular complexity index is 685. The zero-order chi connectivity index (χ0) is 17.1. The Balaban J connectivity index is 2.58. The predicted molar refractivity (Wildman–Crippen MR) is 96.9 cm³/mol. The SMILES string of the molecule is CCSc1c(Cl)ccc(/C(O)=C(/C(=N)C2CC2)C(=O)NC)c1Cl. The molecule has 0 aromatic heterocycles. The molecule has 1 saturated carbocycles. The molecule has 7 heteroatoms. The van der Waals surface area contributed by atoms with Crippen LogP contribution in [0.4, 0.5) is 0 Å². The van der Waals surface area contributed by atoms with E-state index in [-0.39, 0.29) is 23.0 Å². The maximum Gasteiger partial charge on any atom is 0.256 e. The summed E-state index contributed by atoms with van der Waals surface area (Å²) in [6.07, 6.45) is 1.72. The summed E-state index contributed by atoms with van der Waals surface area (Å²) in [5.41, 5.74) is 0.445. The molecular formula is C16H18Cl2N2O2S. The maximum absolute atomic E-state index is 12.1. The number of carbonyl (C=O) groups excluding carboxylic acids is 1. The number of rotatable bonds is 6. The minimum atomic E-state index is -0.491. The third kappa shape index (κ3) is 3.84. The fraction of sp³-hybridized carbons (Fsp3) is 0.375. The van der Waals surface area contributed by atoms with Crippen molar-refractivity contribution in [2.45, 2.75) is 24.7 Å². The van der Waals surface area contributed by atoms with Gasteiger partial charge in [-0.15, -0.1) is 11.8 Å². The number of amides is 1. The molecule has 0 saturated heterocycles. The Morgan fingerprint density at radius 2 is 2.09 bits per heavy atom. The van der Waals surface area contributed by atoms with Gasteiger partial charge in [-0.1, -0.05) is 30.1 Å². The van der Waals surface area contributed by atoms with Gasteiger partial charge in [-0.25, -0.2) is 0 Å². The number of aliphatic hydroxyl groups excluding tert-OH is 1. The molecule has 1 aromatic rings. The molecule has 0 bridgehead atoms. The summed E-state index contributed by atoms with van der Waals surface area (Å²) >= 11 is 14.0. The number of halogens is 2. The maximum atomic E-state index is 12.1. The number of nitrogens with one attached hydrogen (secondary N) is 2. The fourth-order valence-corrected chi connectivity index (χ4v) is 3.70. The van der Waals surface area contributed by atoms with Gasteiger partial charge in [0.25, 0.3) is 5.91 Å². The summed E-state index contributed by atoms with van der Waals surface area (Å²) in [6, 6.07) is 3.21. The van der Waals surface area contributed by atoms with E-state index >= 15 is 0 Å². The normalized spacial score (nSPS) is 15.1. The van der Waals surface area contributed by atoms with Gasteiger partial charge in [0.1, 0.15) is 11.3 Å². The molecule has 23 heavy (non-hydrogen) atoms. The first kappa shape index (κ1) is 18.2. The number of hydrogen-bond donors (Lipinski definition) is 3. The number of benzene rings is 1. The lowest BCUT2D eigenvalue weighted by atomic mass is 10.0. The highest BCUT2D eigenvalue weighted by molar-refractivity contribution is 7.99. The number of hydrogen-bond acceptors (Lipinski definition) is 4. The van der Waals surface area contributed by atoms with E-state index in [0.717, 1.165) is 18.6 Å². The van der Waals surface area contributed by atoms with Gasteiger partial charge in [-0.3, -0.25) is 4.79 Å². The first-order valence-corrected chi connectivity index (χ1v) is 9.01. The highest BCUT2D eigenvalue weighted by Gasteiger charge is 2.33. The first-order valence-electron chi connectivity index (χ1n) is 7.27. The molecule has 1 aliphatic rings. The van der Waals surface area contributed by atoms with E-state index in [0.29, 0.717) is 20.5 Å². The number of likely N-dealkylation sites (N-methyl/N-ethyl adjacent to an activating group) is 1. The van der Waals surface area contributed by atoms with Crippen LogP contribution in [0, 0.1) is 11.3 Å². The van der Waals surface area contributed by atoms with Crippen LogP contribution >= 0.6 is 35.0 Å². The number of carbonyl (C=O) groups is 1. The average Bonchev–Trinajstić information content (AvgIpc) is 3.36. The molecule has 0 spiro atoms. The van der Waals surface area contributed by atoms with Gasteiger partial charge >= 0.3 is 0 Å². The quantitative estimate of drug-likeness (QED) is 0.296. The van der Waals surface area contributed by atoms with Crippen molar-refractivity contribution in [1.29, 1.82) is 5.41 Å². The van der Waals surface area contributed by atoms with Crippen molar-refractivity contribution >= 4 is 52.3 Å². The molecule has 0 aliphatic heterocycles. The minimum Gasteiger partial charge on any atom is -0.506 e. The lowest BCUT2D eigenvalue weighted by Gasteiger charge is -2.14. The van der Waals surface area contributed by atoms with Crippen molar-refractivity contribution in [3.63, 3.8) is 0 Å². The molecule has 1 aromatic carbocycles. The molecule has 4 nitrogen and oxygen atoms in total. The van der Waals surface area contributed by atoms with E-state index in [1.807, 2.05) is 6.92 Å². The predicted octanol–water partition coefficient (Wildman–Crippen LogP) is 4.55. The Hall–Kier alpha value is -1.17. The second kappa shape index (κ2) is 7.60. The van der Waals surface area contributed by atoms with Crippen LogP contribution in [-0.4, -0.2) is 29.5 Å². The van der Waals surface area contributed by atoms with Crippen molar-refractivity contribution in [2.24, 2.45) is 5.92 Å². The van der Waals surface area contributed by atoms with Gasteiger partial charge in [0.05, 0.1) is 15.8 Å². The summed E-state index contributed by atoms with van der Waals surface area (Å²) in [5.74, 6) is 0.0316. The Labute approximate surface area is 149 Å². The van der Waals surface area contributed by atoms with E-state index in [4.69, 9.17) is 28.6 Å². The summed E-state index contributed by atoms with van der Waals surface area (Å²) in [4.78, 5) is 12.8. The highest BCUT2D eigenvalue weighted by atomic mass is 35.5. The van der Waals surface area contributed by atoms with Crippen molar-refractivity contribution < 1.29 is 9.90 Å². The molecule has 1 amide bonds. The molecule has 0 heterocycles. The third-order valence-corrected chi connectivity index (χ3v) is 5.47. The second-order valence-corrected chi connectivity index (χ2v) is 7.22. The van der Waals surface area contributed by atoms with Crippen molar-refractivity contribution in [3.05, 3.63) is 33.3 Å². The van der Waals surface area contributed by atoms with Crippen LogP contribution in [0.5, 0.6) is 0 Å². The molecule has 0 radical (unpaired) electrons. The van der Waals surface area contributed by atoms with E-state index in [2.05, 4.69) is 5.32 Å². The van der Waals surface area contributed by atoms with Gasteiger partial charge < -0.3 is 15.8 Å². The monoisotopic (exact) mass is 372 g/mol. The van der Waals surface area contributed by atoms with Gasteiger partial charge in [-0.05, 0) is 30.7 Å². The van der Waals surface area contributed by atoms with Gasteiger partial charge in [0.2, 0.25) is 0 Å². The highest BCUT2D eigenvalue weighted by Crippen LogP contribution is 2.40. The third-order valence-electron chi connectivity index (χ3n) is 3.54. The Morgan fingerprint density at radius 1 is 1.43 bits per heavy atom. The van der Waals surface area contributed by atoms with Gasteiger partial charge in [0, 0.05) is 23.4 Å². The van der Waals surface area contributed by atoms with Crippen LogP contribution in [0.3, 0.4) is 0 Å².